The van der Waals surface area contributed by atoms with Gasteiger partial charge < -0.3 is 21.1 Å². The number of aryl methyl sites for hydroxylation is 1. The van der Waals surface area contributed by atoms with Gasteiger partial charge >= 0.3 is 12.0 Å². The van der Waals surface area contributed by atoms with Gasteiger partial charge in [0.25, 0.3) is 0 Å². The first-order valence-corrected chi connectivity index (χ1v) is 7.96. The van der Waals surface area contributed by atoms with Gasteiger partial charge in [-0.3, -0.25) is 4.79 Å². The molecule has 2 unspecified atom stereocenters. The number of benzene rings is 1. The third kappa shape index (κ3) is 4.24. The molecule has 1 aliphatic carbocycles. The summed E-state index contributed by atoms with van der Waals surface area (Å²) in [5, 5.41) is 11.8. The van der Waals surface area contributed by atoms with Gasteiger partial charge in [-0.05, 0) is 37.8 Å². The maximum atomic E-state index is 12.7. The molecule has 0 heterocycles. The summed E-state index contributed by atoms with van der Waals surface area (Å²) in [6, 6.07) is 5.16. The molecular formula is C17H23N3O4. The van der Waals surface area contributed by atoms with Crippen molar-refractivity contribution in [3.05, 3.63) is 35.4 Å². The van der Waals surface area contributed by atoms with Crippen LogP contribution in [0.15, 0.2) is 24.3 Å². The lowest BCUT2D eigenvalue weighted by Crippen LogP contribution is -2.46. The molecule has 3 amide bonds. The van der Waals surface area contributed by atoms with E-state index in [0.29, 0.717) is 0 Å². The quantitative estimate of drug-likeness (QED) is 0.702. The van der Waals surface area contributed by atoms with Crippen molar-refractivity contribution in [3.8, 4) is 0 Å². The number of aliphatic carboxylic acids is 1. The van der Waals surface area contributed by atoms with Gasteiger partial charge in [0, 0.05) is 6.04 Å². The minimum atomic E-state index is -1.04. The Balaban J connectivity index is 2.21. The number of carboxylic acids is 1. The molecule has 24 heavy (non-hydrogen) atoms. The summed E-state index contributed by atoms with van der Waals surface area (Å²) < 4.78 is 0. The Morgan fingerprint density at radius 3 is 2.46 bits per heavy atom. The molecule has 0 bridgehead atoms. The van der Waals surface area contributed by atoms with Gasteiger partial charge in [-0.1, -0.05) is 24.3 Å². The highest BCUT2D eigenvalue weighted by atomic mass is 16.4. The lowest BCUT2D eigenvalue weighted by atomic mass is 9.98. The Kier molecular flexibility index (Phi) is 5.43. The van der Waals surface area contributed by atoms with Crippen LogP contribution in [0, 0.1) is 6.92 Å². The van der Waals surface area contributed by atoms with E-state index < -0.39 is 24.1 Å². The highest BCUT2D eigenvalue weighted by molar-refractivity contribution is 5.85. The van der Waals surface area contributed by atoms with E-state index in [1.54, 1.807) is 0 Å². The molecule has 1 aliphatic rings. The lowest BCUT2D eigenvalue weighted by Gasteiger charge is -2.29. The summed E-state index contributed by atoms with van der Waals surface area (Å²) in [5.74, 6) is -1.33. The topological polar surface area (TPSA) is 113 Å². The van der Waals surface area contributed by atoms with E-state index in [4.69, 9.17) is 5.73 Å². The van der Waals surface area contributed by atoms with Crippen LogP contribution >= 0.6 is 0 Å². The first-order valence-electron chi connectivity index (χ1n) is 7.96. The minimum Gasteiger partial charge on any atom is -0.480 e. The number of nitrogens with two attached hydrogens (primary N) is 1. The van der Waals surface area contributed by atoms with E-state index in [0.717, 1.165) is 24.0 Å². The molecule has 7 heteroatoms. The number of nitrogens with zero attached hydrogens (tertiary/aromatic N) is 1. The molecule has 4 N–H and O–H groups in total. The van der Waals surface area contributed by atoms with Crippen molar-refractivity contribution < 1.29 is 19.5 Å². The fraction of sp³-hybridized carbons (Fsp3) is 0.471. The standard InChI is InChI=1S/C17H23N3O4/c1-10-5-3-4-6-13(10)14(19-17(18)24)9-15(21)20(12-7-8-12)11(2)16(22)23/h3-6,11-12,14H,7-9H2,1-2H3,(H,22,23)(H3,18,19,24). The summed E-state index contributed by atoms with van der Waals surface area (Å²) in [6.45, 7) is 3.39. The van der Waals surface area contributed by atoms with E-state index in [-0.39, 0.29) is 18.4 Å². The number of rotatable bonds is 7. The number of carbonyl (C=O) groups is 3. The zero-order chi connectivity index (χ0) is 17.9. The zero-order valence-corrected chi connectivity index (χ0v) is 13.9. The van der Waals surface area contributed by atoms with Crippen molar-refractivity contribution >= 4 is 17.9 Å². The van der Waals surface area contributed by atoms with E-state index in [9.17, 15) is 19.5 Å². The van der Waals surface area contributed by atoms with Crippen LogP contribution in [0.4, 0.5) is 4.79 Å². The second kappa shape index (κ2) is 7.33. The molecular weight excluding hydrogens is 310 g/mol. The van der Waals surface area contributed by atoms with E-state index in [1.165, 1.54) is 11.8 Å². The van der Waals surface area contributed by atoms with Crippen LogP contribution in [-0.4, -0.2) is 40.0 Å². The molecule has 2 rings (SSSR count). The predicted octanol–water partition coefficient (Wildman–Crippen LogP) is 1.56. The van der Waals surface area contributed by atoms with Crippen molar-refractivity contribution in [1.82, 2.24) is 10.2 Å². The van der Waals surface area contributed by atoms with Gasteiger partial charge in [0.1, 0.15) is 6.04 Å². The minimum absolute atomic E-state index is 0.0259. The van der Waals surface area contributed by atoms with Crippen LogP contribution in [-0.2, 0) is 9.59 Å². The van der Waals surface area contributed by atoms with Gasteiger partial charge in [-0.25, -0.2) is 9.59 Å². The number of hydrogen-bond donors (Lipinski definition) is 3. The molecule has 0 saturated heterocycles. The van der Waals surface area contributed by atoms with Gasteiger partial charge in [-0.2, -0.15) is 0 Å². The summed E-state index contributed by atoms with van der Waals surface area (Å²) in [4.78, 5) is 36.7. The van der Waals surface area contributed by atoms with Crippen LogP contribution in [0.1, 0.15) is 43.4 Å². The second-order valence-electron chi connectivity index (χ2n) is 6.17. The third-order valence-electron chi connectivity index (χ3n) is 4.26. The zero-order valence-electron chi connectivity index (χ0n) is 13.9. The molecule has 1 aromatic rings. The maximum absolute atomic E-state index is 12.7. The smallest absolute Gasteiger partial charge is 0.326 e. The molecule has 130 valence electrons. The van der Waals surface area contributed by atoms with Crippen molar-refractivity contribution in [2.75, 3.05) is 0 Å². The summed E-state index contributed by atoms with van der Waals surface area (Å²) >= 11 is 0. The number of amides is 3. The summed E-state index contributed by atoms with van der Waals surface area (Å²) in [7, 11) is 0. The molecule has 1 saturated carbocycles. The van der Waals surface area contributed by atoms with Crippen molar-refractivity contribution in [2.45, 2.75) is 51.2 Å². The normalized spacial score (nSPS) is 16.1. The highest BCUT2D eigenvalue weighted by Crippen LogP contribution is 2.31. The number of nitrogens with one attached hydrogen (secondary N) is 1. The van der Waals surface area contributed by atoms with Crippen LogP contribution in [0.3, 0.4) is 0 Å². The van der Waals surface area contributed by atoms with Crippen molar-refractivity contribution in [3.63, 3.8) is 0 Å². The Labute approximate surface area is 140 Å². The van der Waals surface area contributed by atoms with Crippen LogP contribution < -0.4 is 11.1 Å². The number of urea groups is 1. The Morgan fingerprint density at radius 2 is 1.96 bits per heavy atom. The molecule has 1 aromatic carbocycles. The van der Waals surface area contributed by atoms with E-state index >= 15 is 0 Å². The largest absolute Gasteiger partial charge is 0.480 e. The van der Waals surface area contributed by atoms with E-state index in [2.05, 4.69) is 5.32 Å². The Hall–Kier alpha value is -2.57. The van der Waals surface area contributed by atoms with Crippen molar-refractivity contribution in [2.24, 2.45) is 5.73 Å². The van der Waals surface area contributed by atoms with E-state index in [1.807, 2.05) is 31.2 Å². The third-order valence-corrected chi connectivity index (χ3v) is 4.26. The van der Waals surface area contributed by atoms with Gasteiger partial charge in [-0.15, -0.1) is 0 Å². The summed E-state index contributed by atoms with van der Waals surface area (Å²) in [5.41, 5.74) is 6.96. The maximum Gasteiger partial charge on any atom is 0.326 e. The summed E-state index contributed by atoms with van der Waals surface area (Å²) in [6.07, 6.45) is 1.59. The lowest BCUT2D eigenvalue weighted by molar-refractivity contribution is -0.150. The van der Waals surface area contributed by atoms with Gasteiger partial charge in [0.15, 0.2) is 0 Å². The highest BCUT2D eigenvalue weighted by Gasteiger charge is 2.39. The number of hydrogen-bond acceptors (Lipinski definition) is 3. The fourth-order valence-electron chi connectivity index (χ4n) is 2.88. The number of primary amides is 1. The monoisotopic (exact) mass is 333 g/mol. The SMILES string of the molecule is Cc1ccccc1C(CC(=O)N(C1CC1)C(C)C(=O)O)NC(N)=O. The van der Waals surface area contributed by atoms with Crippen molar-refractivity contribution in [1.29, 1.82) is 0 Å². The molecule has 7 nitrogen and oxygen atoms in total. The number of carboxylic acid groups (broad SMARTS) is 1. The molecule has 0 aliphatic heterocycles. The first-order chi connectivity index (χ1) is 11.3. The molecule has 0 radical (unpaired) electrons. The average Bonchev–Trinajstić information content (AvgIpc) is 3.31. The Morgan fingerprint density at radius 1 is 1.33 bits per heavy atom. The van der Waals surface area contributed by atoms with Crippen LogP contribution in [0.25, 0.3) is 0 Å². The molecule has 0 aromatic heterocycles. The second-order valence-corrected chi connectivity index (χ2v) is 6.17. The van der Waals surface area contributed by atoms with Gasteiger partial charge in [0.2, 0.25) is 5.91 Å². The predicted molar refractivity (Wildman–Crippen MR) is 88.2 cm³/mol. The molecule has 2 atom stereocenters. The molecule has 0 spiro atoms. The Bertz CT molecular complexity index is 642. The molecule has 1 fully saturated rings. The van der Waals surface area contributed by atoms with Crippen LogP contribution in [0.5, 0.6) is 0 Å². The van der Waals surface area contributed by atoms with Crippen LogP contribution in [0.2, 0.25) is 0 Å². The fourth-order valence-corrected chi connectivity index (χ4v) is 2.88. The first kappa shape index (κ1) is 17.8. The number of carbonyl (C=O) groups excluding carboxylic acids is 2. The van der Waals surface area contributed by atoms with Gasteiger partial charge in [0.05, 0.1) is 12.5 Å². The average molecular weight is 333 g/mol.